The molecule has 23 heavy (non-hydrogen) atoms. The summed E-state index contributed by atoms with van der Waals surface area (Å²) in [5.74, 6) is 1.18. The van der Waals surface area contributed by atoms with Crippen LogP contribution in [0.25, 0.3) is 0 Å². The number of aryl methyl sites for hydroxylation is 2. The molecule has 1 N–H and O–H groups in total. The first-order chi connectivity index (χ1) is 11.1. The molecule has 3 rings (SSSR count). The van der Waals surface area contributed by atoms with Gasteiger partial charge in [-0.2, -0.15) is 0 Å². The van der Waals surface area contributed by atoms with Gasteiger partial charge in [0.15, 0.2) is 5.82 Å². The normalized spacial score (nSPS) is 16.7. The maximum atomic E-state index is 12.6. The monoisotopic (exact) mass is 317 g/mol. The van der Waals surface area contributed by atoms with E-state index in [-0.39, 0.29) is 11.9 Å². The zero-order valence-electron chi connectivity index (χ0n) is 13.9. The van der Waals surface area contributed by atoms with Crippen molar-refractivity contribution in [2.45, 2.75) is 65.0 Å². The van der Waals surface area contributed by atoms with Crippen LogP contribution in [0.1, 0.15) is 79.3 Å². The minimum absolute atomic E-state index is 0.172. The summed E-state index contributed by atoms with van der Waals surface area (Å²) in [5, 5.41) is 15.2. The van der Waals surface area contributed by atoms with E-state index in [9.17, 15) is 4.79 Å². The molecular weight excluding hydrogens is 294 g/mol. The fourth-order valence-corrected chi connectivity index (χ4v) is 3.31. The number of nitrogens with zero attached hydrogens (tertiary/aromatic N) is 4. The summed E-state index contributed by atoms with van der Waals surface area (Å²) in [7, 11) is 0. The van der Waals surface area contributed by atoms with Gasteiger partial charge in [-0.3, -0.25) is 4.79 Å². The van der Waals surface area contributed by atoms with Crippen molar-refractivity contribution < 1.29 is 9.32 Å². The molecule has 1 atom stereocenters. The minimum atomic E-state index is -0.218. The Labute approximate surface area is 135 Å². The van der Waals surface area contributed by atoms with Crippen LogP contribution in [0.4, 0.5) is 0 Å². The van der Waals surface area contributed by atoms with Crippen molar-refractivity contribution in [1.82, 2.24) is 25.2 Å². The second-order valence-corrected chi connectivity index (χ2v) is 6.14. The molecule has 124 valence electrons. The van der Waals surface area contributed by atoms with Crippen LogP contribution in [-0.2, 0) is 6.42 Å². The summed E-state index contributed by atoms with van der Waals surface area (Å²) in [6.45, 7) is 5.64. The first-order valence-electron chi connectivity index (χ1n) is 8.27. The molecule has 1 unspecified atom stereocenters. The van der Waals surface area contributed by atoms with Crippen molar-refractivity contribution >= 4 is 5.91 Å². The summed E-state index contributed by atoms with van der Waals surface area (Å²) >= 11 is 0. The SMILES string of the molecule is CCc1noc(C)c1C(=O)NC(C)c1nncn1C1CCCC1. The third kappa shape index (κ3) is 3.00. The summed E-state index contributed by atoms with van der Waals surface area (Å²) < 4.78 is 7.25. The number of rotatable bonds is 5. The molecule has 1 amide bonds. The van der Waals surface area contributed by atoms with Crippen molar-refractivity contribution in [2.24, 2.45) is 0 Å². The van der Waals surface area contributed by atoms with E-state index in [1.54, 1.807) is 13.3 Å². The Morgan fingerprint density at radius 3 is 2.91 bits per heavy atom. The lowest BCUT2D eigenvalue weighted by Crippen LogP contribution is -2.30. The molecule has 1 aliphatic rings. The van der Waals surface area contributed by atoms with Gasteiger partial charge in [-0.1, -0.05) is 24.9 Å². The van der Waals surface area contributed by atoms with Gasteiger partial charge in [0.05, 0.1) is 11.7 Å². The van der Waals surface area contributed by atoms with Gasteiger partial charge in [0, 0.05) is 6.04 Å². The van der Waals surface area contributed by atoms with Crippen LogP contribution in [0, 0.1) is 6.92 Å². The Kier molecular flexibility index (Phi) is 4.45. The minimum Gasteiger partial charge on any atom is -0.361 e. The molecule has 7 heteroatoms. The molecule has 2 aromatic heterocycles. The Bertz CT molecular complexity index is 684. The Hall–Kier alpha value is -2.18. The maximum absolute atomic E-state index is 12.6. The molecule has 0 saturated heterocycles. The smallest absolute Gasteiger partial charge is 0.257 e. The molecule has 0 aromatic carbocycles. The number of hydrogen-bond donors (Lipinski definition) is 1. The molecule has 0 aliphatic heterocycles. The van der Waals surface area contributed by atoms with E-state index in [4.69, 9.17) is 4.52 Å². The van der Waals surface area contributed by atoms with E-state index < -0.39 is 0 Å². The van der Waals surface area contributed by atoms with Crippen LogP contribution in [0.3, 0.4) is 0 Å². The third-order valence-corrected chi connectivity index (χ3v) is 4.55. The Balaban J connectivity index is 1.77. The van der Waals surface area contributed by atoms with Crippen LogP contribution < -0.4 is 5.32 Å². The van der Waals surface area contributed by atoms with Gasteiger partial charge in [0.1, 0.15) is 17.7 Å². The van der Waals surface area contributed by atoms with Gasteiger partial charge in [-0.05, 0) is 33.1 Å². The van der Waals surface area contributed by atoms with Crippen LogP contribution in [0.15, 0.2) is 10.9 Å². The molecule has 7 nitrogen and oxygen atoms in total. The highest BCUT2D eigenvalue weighted by Gasteiger charge is 2.25. The molecule has 1 fully saturated rings. The number of carbonyl (C=O) groups excluding carboxylic acids is 1. The standard InChI is InChI=1S/C16H23N5O2/c1-4-13-14(11(3)23-20-13)16(22)18-10(2)15-19-17-9-21(15)12-7-5-6-8-12/h9-10,12H,4-8H2,1-3H3,(H,18,22). The molecule has 2 aromatic rings. The highest BCUT2D eigenvalue weighted by Crippen LogP contribution is 2.31. The molecule has 2 heterocycles. The Morgan fingerprint density at radius 1 is 1.48 bits per heavy atom. The van der Waals surface area contributed by atoms with Gasteiger partial charge < -0.3 is 14.4 Å². The molecule has 1 saturated carbocycles. The van der Waals surface area contributed by atoms with Gasteiger partial charge in [-0.25, -0.2) is 0 Å². The van der Waals surface area contributed by atoms with Crippen molar-refractivity contribution in [2.75, 3.05) is 0 Å². The van der Waals surface area contributed by atoms with Crippen LogP contribution in [-0.4, -0.2) is 25.8 Å². The molecular formula is C16H23N5O2. The van der Waals surface area contributed by atoms with Gasteiger partial charge >= 0.3 is 0 Å². The van der Waals surface area contributed by atoms with Gasteiger partial charge in [0.25, 0.3) is 5.91 Å². The van der Waals surface area contributed by atoms with Crippen LogP contribution in [0.2, 0.25) is 0 Å². The average molecular weight is 317 g/mol. The second-order valence-electron chi connectivity index (χ2n) is 6.14. The summed E-state index contributed by atoms with van der Waals surface area (Å²) in [4.78, 5) is 12.6. The highest BCUT2D eigenvalue weighted by atomic mass is 16.5. The van der Waals surface area contributed by atoms with Gasteiger partial charge in [-0.15, -0.1) is 10.2 Å². The first-order valence-corrected chi connectivity index (χ1v) is 8.27. The third-order valence-electron chi connectivity index (χ3n) is 4.55. The van der Waals surface area contributed by atoms with Gasteiger partial charge in [0.2, 0.25) is 0 Å². The first kappa shape index (κ1) is 15.7. The zero-order valence-corrected chi connectivity index (χ0v) is 13.9. The summed E-state index contributed by atoms with van der Waals surface area (Å²) in [6, 6.07) is 0.229. The number of amides is 1. The lowest BCUT2D eigenvalue weighted by molar-refractivity contribution is 0.0935. The van der Waals surface area contributed by atoms with Crippen molar-refractivity contribution in [3.8, 4) is 0 Å². The van der Waals surface area contributed by atoms with E-state index in [0.717, 1.165) is 18.7 Å². The molecule has 0 radical (unpaired) electrons. The lowest BCUT2D eigenvalue weighted by Gasteiger charge is -2.18. The molecule has 0 bridgehead atoms. The number of carbonyl (C=O) groups is 1. The number of hydrogen-bond acceptors (Lipinski definition) is 5. The second kappa shape index (κ2) is 6.52. The maximum Gasteiger partial charge on any atom is 0.257 e. The van der Waals surface area contributed by atoms with Crippen molar-refractivity contribution in [1.29, 1.82) is 0 Å². The summed E-state index contributed by atoms with van der Waals surface area (Å²) in [5.41, 5.74) is 1.22. The Morgan fingerprint density at radius 2 is 2.22 bits per heavy atom. The quantitative estimate of drug-likeness (QED) is 0.916. The van der Waals surface area contributed by atoms with E-state index >= 15 is 0 Å². The van der Waals surface area contributed by atoms with Crippen molar-refractivity contribution in [3.63, 3.8) is 0 Å². The predicted octanol–water partition coefficient (Wildman–Crippen LogP) is 2.74. The van der Waals surface area contributed by atoms with E-state index in [1.807, 2.05) is 13.8 Å². The highest BCUT2D eigenvalue weighted by molar-refractivity contribution is 5.96. The largest absolute Gasteiger partial charge is 0.361 e. The van der Waals surface area contributed by atoms with E-state index in [2.05, 4.69) is 25.2 Å². The molecule has 0 spiro atoms. The zero-order chi connectivity index (χ0) is 16.4. The van der Waals surface area contributed by atoms with Crippen molar-refractivity contribution in [3.05, 3.63) is 29.2 Å². The fraction of sp³-hybridized carbons (Fsp3) is 0.625. The number of nitrogens with one attached hydrogen (secondary N) is 1. The van der Waals surface area contributed by atoms with E-state index in [1.165, 1.54) is 12.8 Å². The van der Waals surface area contributed by atoms with Crippen LogP contribution >= 0.6 is 0 Å². The fourth-order valence-electron chi connectivity index (χ4n) is 3.31. The topological polar surface area (TPSA) is 85.8 Å². The molecule has 1 aliphatic carbocycles. The lowest BCUT2D eigenvalue weighted by atomic mass is 10.1. The average Bonchev–Trinajstić information content (AvgIpc) is 3.26. The predicted molar refractivity (Wildman–Crippen MR) is 84.0 cm³/mol. The van der Waals surface area contributed by atoms with Crippen LogP contribution in [0.5, 0.6) is 0 Å². The summed E-state index contributed by atoms with van der Waals surface area (Å²) in [6.07, 6.45) is 7.21. The van der Waals surface area contributed by atoms with E-state index in [0.29, 0.717) is 29.5 Å². The number of aromatic nitrogens is 4.